The fraction of sp³-hybridized carbons (Fsp3) is 0.923. The zero-order valence-electron chi connectivity index (χ0n) is 10.9. The molecule has 2 aliphatic heterocycles. The smallest absolute Gasteiger partial charge is 0.226 e. The van der Waals surface area contributed by atoms with Crippen molar-refractivity contribution in [2.45, 2.75) is 25.7 Å². The van der Waals surface area contributed by atoms with Crippen molar-refractivity contribution in [1.82, 2.24) is 9.80 Å². The zero-order valence-corrected chi connectivity index (χ0v) is 10.9. The van der Waals surface area contributed by atoms with Crippen LogP contribution in [-0.2, 0) is 4.79 Å². The van der Waals surface area contributed by atoms with Gasteiger partial charge < -0.3 is 15.5 Å². The molecule has 0 radical (unpaired) electrons. The molecule has 2 unspecified atom stereocenters. The molecule has 4 heteroatoms. The van der Waals surface area contributed by atoms with Crippen molar-refractivity contribution in [1.29, 1.82) is 0 Å². The summed E-state index contributed by atoms with van der Waals surface area (Å²) in [5.41, 5.74) is 5.72. The van der Waals surface area contributed by atoms with Gasteiger partial charge in [0.05, 0.1) is 5.92 Å². The topological polar surface area (TPSA) is 49.6 Å². The van der Waals surface area contributed by atoms with Crippen LogP contribution in [-0.4, -0.2) is 55.5 Å². The van der Waals surface area contributed by atoms with Crippen LogP contribution in [0.2, 0.25) is 0 Å². The Morgan fingerprint density at radius 1 is 1.24 bits per heavy atom. The van der Waals surface area contributed by atoms with Gasteiger partial charge in [-0.1, -0.05) is 0 Å². The summed E-state index contributed by atoms with van der Waals surface area (Å²) in [4.78, 5) is 16.8. The molecule has 2 N–H and O–H groups in total. The number of carbonyl (C=O) groups is 1. The van der Waals surface area contributed by atoms with E-state index < -0.39 is 0 Å². The molecule has 0 spiro atoms. The highest BCUT2D eigenvalue weighted by molar-refractivity contribution is 5.79. The van der Waals surface area contributed by atoms with Gasteiger partial charge in [0.1, 0.15) is 0 Å². The molecule has 2 rings (SSSR count). The van der Waals surface area contributed by atoms with Gasteiger partial charge in [0.2, 0.25) is 5.91 Å². The van der Waals surface area contributed by atoms with Crippen molar-refractivity contribution < 1.29 is 4.79 Å². The molecule has 2 fully saturated rings. The summed E-state index contributed by atoms with van der Waals surface area (Å²) in [6.45, 7) is 4.61. The normalized spacial score (nSPS) is 31.5. The summed E-state index contributed by atoms with van der Waals surface area (Å²) in [6.07, 6.45) is 4.52. The SMILES string of the molecule is CN1CCCC(C(=O)N2CCCC(CN)C2)C1. The second-order valence-electron chi connectivity index (χ2n) is 5.63. The standard InChI is InChI=1S/C13H25N3O/c1-15-6-3-5-12(10-15)13(17)16-7-2-4-11(8-14)9-16/h11-12H,2-10,14H2,1H3. The maximum atomic E-state index is 12.4. The Hall–Kier alpha value is -0.610. The fourth-order valence-electron chi connectivity index (χ4n) is 3.08. The molecule has 0 aromatic rings. The van der Waals surface area contributed by atoms with Crippen LogP contribution < -0.4 is 5.73 Å². The molecule has 2 atom stereocenters. The number of likely N-dealkylation sites (tertiary alicyclic amines) is 2. The molecular weight excluding hydrogens is 214 g/mol. The van der Waals surface area contributed by atoms with Crippen LogP contribution >= 0.6 is 0 Å². The van der Waals surface area contributed by atoms with E-state index in [0.29, 0.717) is 18.4 Å². The quantitative estimate of drug-likeness (QED) is 0.764. The molecule has 4 nitrogen and oxygen atoms in total. The molecule has 0 aromatic heterocycles. The second kappa shape index (κ2) is 5.83. The Kier molecular flexibility index (Phi) is 4.40. The van der Waals surface area contributed by atoms with Crippen molar-refractivity contribution >= 4 is 5.91 Å². The van der Waals surface area contributed by atoms with E-state index >= 15 is 0 Å². The summed E-state index contributed by atoms with van der Waals surface area (Å²) < 4.78 is 0. The Morgan fingerprint density at radius 3 is 2.71 bits per heavy atom. The van der Waals surface area contributed by atoms with Crippen LogP contribution in [0.5, 0.6) is 0 Å². The molecule has 98 valence electrons. The van der Waals surface area contributed by atoms with Crippen LogP contribution in [0.1, 0.15) is 25.7 Å². The number of carbonyl (C=O) groups excluding carboxylic acids is 1. The number of hydrogen-bond acceptors (Lipinski definition) is 3. The lowest BCUT2D eigenvalue weighted by Gasteiger charge is -2.37. The van der Waals surface area contributed by atoms with E-state index in [-0.39, 0.29) is 5.92 Å². The summed E-state index contributed by atoms with van der Waals surface area (Å²) >= 11 is 0. The second-order valence-corrected chi connectivity index (χ2v) is 5.63. The number of amides is 1. The van der Waals surface area contributed by atoms with E-state index in [2.05, 4.69) is 16.8 Å². The van der Waals surface area contributed by atoms with Crippen molar-refractivity contribution in [3.05, 3.63) is 0 Å². The van der Waals surface area contributed by atoms with Crippen molar-refractivity contribution in [2.24, 2.45) is 17.6 Å². The first-order chi connectivity index (χ1) is 8.20. The third-order valence-electron chi connectivity index (χ3n) is 4.14. The maximum Gasteiger partial charge on any atom is 0.226 e. The Labute approximate surface area is 104 Å². The first-order valence-corrected chi connectivity index (χ1v) is 6.88. The summed E-state index contributed by atoms with van der Waals surface area (Å²) in [5.74, 6) is 1.12. The number of rotatable bonds is 2. The molecule has 0 bridgehead atoms. The zero-order chi connectivity index (χ0) is 12.3. The lowest BCUT2D eigenvalue weighted by atomic mass is 9.93. The average Bonchev–Trinajstić information content (AvgIpc) is 2.38. The van der Waals surface area contributed by atoms with Gasteiger partial charge >= 0.3 is 0 Å². The van der Waals surface area contributed by atoms with Gasteiger partial charge in [-0.2, -0.15) is 0 Å². The Bertz CT molecular complexity index is 269. The largest absolute Gasteiger partial charge is 0.342 e. The fourth-order valence-corrected chi connectivity index (χ4v) is 3.08. The van der Waals surface area contributed by atoms with E-state index in [4.69, 9.17) is 5.73 Å². The van der Waals surface area contributed by atoms with Gasteiger partial charge in [0.15, 0.2) is 0 Å². The Balaban J connectivity index is 1.89. The minimum atomic E-state index is 0.227. The van der Waals surface area contributed by atoms with Crippen LogP contribution in [0.15, 0.2) is 0 Å². The molecule has 1 amide bonds. The van der Waals surface area contributed by atoms with Crippen molar-refractivity contribution in [2.75, 3.05) is 39.8 Å². The molecule has 0 saturated carbocycles. The maximum absolute atomic E-state index is 12.4. The number of nitrogens with two attached hydrogens (primary N) is 1. The van der Waals surface area contributed by atoms with Crippen LogP contribution in [0, 0.1) is 11.8 Å². The van der Waals surface area contributed by atoms with Crippen LogP contribution in [0.3, 0.4) is 0 Å². The van der Waals surface area contributed by atoms with Crippen molar-refractivity contribution in [3.63, 3.8) is 0 Å². The molecule has 17 heavy (non-hydrogen) atoms. The van der Waals surface area contributed by atoms with Gasteiger partial charge in [-0.15, -0.1) is 0 Å². The number of nitrogens with zero attached hydrogens (tertiary/aromatic N) is 2. The number of hydrogen-bond donors (Lipinski definition) is 1. The molecule has 0 aromatic carbocycles. The third-order valence-corrected chi connectivity index (χ3v) is 4.14. The highest BCUT2D eigenvalue weighted by atomic mass is 16.2. The third kappa shape index (κ3) is 3.19. The number of piperidine rings is 2. The first kappa shape index (κ1) is 12.8. The minimum absolute atomic E-state index is 0.227. The van der Waals surface area contributed by atoms with Gasteiger partial charge in [0, 0.05) is 19.6 Å². The predicted octanol–water partition coefficient (Wildman–Crippen LogP) is 0.526. The van der Waals surface area contributed by atoms with Crippen molar-refractivity contribution in [3.8, 4) is 0 Å². The van der Waals surface area contributed by atoms with E-state index in [1.165, 1.54) is 6.42 Å². The molecule has 0 aliphatic carbocycles. The van der Waals surface area contributed by atoms with Gasteiger partial charge in [-0.05, 0) is 51.7 Å². The molecule has 2 heterocycles. The molecular formula is C13H25N3O. The summed E-state index contributed by atoms with van der Waals surface area (Å²) in [5, 5.41) is 0. The summed E-state index contributed by atoms with van der Waals surface area (Å²) in [7, 11) is 2.11. The Morgan fingerprint density at radius 2 is 2.00 bits per heavy atom. The van der Waals surface area contributed by atoms with Gasteiger partial charge in [-0.3, -0.25) is 4.79 Å². The molecule has 2 aliphatic rings. The summed E-state index contributed by atoms with van der Waals surface area (Å²) in [6, 6.07) is 0. The van der Waals surface area contributed by atoms with Gasteiger partial charge in [0.25, 0.3) is 0 Å². The van der Waals surface area contributed by atoms with Crippen LogP contribution in [0.25, 0.3) is 0 Å². The van der Waals surface area contributed by atoms with E-state index in [1.54, 1.807) is 0 Å². The minimum Gasteiger partial charge on any atom is -0.342 e. The molecule has 2 saturated heterocycles. The van der Waals surface area contributed by atoms with E-state index in [9.17, 15) is 4.79 Å². The van der Waals surface area contributed by atoms with E-state index in [1.807, 2.05) is 0 Å². The van der Waals surface area contributed by atoms with Gasteiger partial charge in [-0.25, -0.2) is 0 Å². The lowest BCUT2D eigenvalue weighted by Crippen LogP contribution is -2.48. The van der Waals surface area contributed by atoms with E-state index in [0.717, 1.165) is 45.4 Å². The monoisotopic (exact) mass is 239 g/mol. The van der Waals surface area contributed by atoms with Crippen LogP contribution in [0.4, 0.5) is 0 Å². The predicted molar refractivity (Wildman–Crippen MR) is 68.6 cm³/mol. The highest BCUT2D eigenvalue weighted by Crippen LogP contribution is 2.22. The average molecular weight is 239 g/mol. The first-order valence-electron chi connectivity index (χ1n) is 6.88. The highest BCUT2D eigenvalue weighted by Gasteiger charge is 2.30. The lowest BCUT2D eigenvalue weighted by molar-refractivity contribution is -0.139.